The number of amides is 1. The Hall–Kier alpha value is -1.10. The molecule has 1 aliphatic carbocycles. The number of likely N-dealkylation sites (tertiary alicyclic amines) is 1. The van der Waals surface area contributed by atoms with Gasteiger partial charge in [-0.3, -0.25) is 4.79 Å². The van der Waals surface area contributed by atoms with E-state index in [1.165, 1.54) is 0 Å². The van der Waals surface area contributed by atoms with Crippen molar-refractivity contribution in [1.29, 1.82) is 0 Å². The van der Waals surface area contributed by atoms with Gasteiger partial charge in [0.05, 0.1) is 0 Å². The number of rotatable bonds is 3. The van der Waals surface area contributed by atoms with Crippen molar-refractivity contribution < 1.29 is 14.7 Å². The Morgan fingerprint density at radius 3 is 2.47 bits per heavy atom. The summed E-state index contributed by atoms with van der Waals surface area (Å²) in [5.74, 6) is -0.660. The van der Waals surface area contributed by atoms with Crippen molar-refractivity contribution in [3.05, 3.63) is 0 Å². The summed E-state index contributed by atoms with van der Waals surface area (Å²) in [5.41, 5.74) is 5.77. The van der Waals surface area contributed by atoms with Crippen LogP contribution in [0.2, 0.25) is 0 Å². The lowest BCUT2D eigenvalue weighted by molar-refractivity contribution is -0.155. The minimum Gasteiger partial charge on any atom is -0.480 e. The molecule has 5 heteroatoms. The molecule has 0 aromatic heterocycles. The first-order chi connectivity index (χ1) is 9.15. The van der Waals surface area contributed by atoms with Gasteiger partial charge in [0.15, 0.2) is 0 Å². The summed E-state index contributed by atoms with van der Waals surface area (Å²) in [6, 6.07) is -0.624. The molecule has 2 aliphatic rings. The fraction of sp³-hybridized carbons (Fsp3) is 0.857. The summed E-state index contributed by atoms with van der Waals surface area (Å²) < 4.78 is 0. The Morgan fingerprint density at radius 1 is 1.11 bits per heavy atom. The number of aliphatic carboxylic acids is 1. The van der Waals surface area contributed by atoms with Crippen LogP contribution in [0, 0.1) is 11.8 Å². The van der Waals surface area contributed by atoms with E-state index in [1.807, 2.05) is 0 Å². The second-order valence-electron chi connectivity index (χ2n) is 5.77. The van der Waals surface area contributed by atoms with E-state index in [0.29, 0.717) is 19.5 Å². The molecule has 2 fully saturated rings. The number of hydrogen-bond donors (Lipinski definition) is 2. The number of hydrogen-bond acceptors (Lipinski definition) is 3. The Balaban J connectivity index is 2.09. The summed E-state index contributed by atoms with van der Waals surface area (Å²) in [7, 11) is 0. The Kier molecular flexibility index (Phi) is 4.80. The molecule has 1 saturated heterocycles. The zero-order chi connectivity index (χ0) is 13.8. The third-order valence-electron chi connectivity index (χ3n) is 4.60. The quantitative estimate of drug-likeness (QED) is 0.806. The van der Waals surface area contributed by atoms with Gasteiger partial charge in [-0.05, 0) is 44.6 Å². The van der Waals surface area contributed by atoms with Gasteiger partial charge in [-0.15, -0.1) is 0 Å². The van der Waals surface area contributed by atoms with Crippen LogP contribution >= 0.6 is 0 Å². The maximum Gasteiger partial charge on any atom is 0.326 e. The summed E-state index contributed by atoms with van der Waals surface area (Å²) in [5, 5.41) is 9.26. The Bertz CT molecular complexity index is 346. The number of piperidine rings is 1. The summed E-state index contributed by atoms with van der Waals surface area (Å²) in [6.45, 7) is 1.12. The van der Waals surface area contributed by atoms with Crippen molar-refractivity contribution in [2.45, 2.75) is 51.0 Å². The number of carbonyl (C=O) groups is 2. The molecule has 1 heterocycles. The van der Waals surface area contributed by atoms with Crippen molar-refractivity contribution in [2.75, 3.05) is 13.1 Å². The predicted octanol–water partition coefficient (Wildman–Crippen LogP) is 1.22. The molecule has 1 aliphatic heterocycles. The number of carbonyl (C=O) groups excluding carboxylic acids is 1. The highest BCUT2D eigenvalue weighted by Crippen LogP contribution is 2.32. The Morgan fingerprint density at radius 2 is 1.79 bits per heavy atom. The van der Waals surface area contributed by atoms with E-state index in [4.69, 9.17) is 5.73 Å². The van der Waals surface area contributed by atoms with Gasteiger partial charge in [0.1, 0.15) is 6.04 Å². The van der Waals surface area contributed by atoms with Gasteiger partial charge in [-0.2, -0.15) is 0 Å². The lowest BCUT2D eigenvalue weighted by Gasteiger charge is -2.38. The summed E-state index contributed by atoms with van der Waals surface area (Å²) >= 11 is 0. The van der Waals surface area contributed by atoms with Crippen molar-refractivity contribution in [3.8, 4) is 0 Å². The molecule has 1 saturated carbocycles. The number of nitrogens with two attached hydrogens (primary N) is 1. The highest BCUT2D eigenvalue weighted by atomic mass is 16.4. The first-order valence-corrected chi connectivity index (χ1v) is 7.38. The first kappa shape index (κ1) is 14.3. The second-order valence-corrected chi connectivity index (χ2v) is 5.77. The Labute approximate surface area is 114 Å². The fourth-order valence-corrected chi connectivity index (χ4v) is 3.48. The molecule has 108 valence electrons. The standard InChI is InChI=1S/C14H24N2O3/c15-9-10-5-1-2-6-11(10)13(17)16-8-4-3-7-12(16)14(18)19/h10-12H,1-9,15H2,(H,18,19). The molecule has 3 atom stereocenters. The summed E-state index contributed by atoms with van der Waals surface area (Å²) in [4.78, 5) is 25.5. The fourth-order valence-electron chi connectivity index (χ4n) is 3.48. The SMILES string of the molecule is NCC1CCCCC1C(=O)N1CCCCC1C(=O)O. The molecular weight excluding hydrogens is 244 g/mol. The highest BCUT2D eigenvalue weighted by molar-refractivity contribution is 5.85. The molecule has 5 nitrogen and oxygen atoms in total. The van der Waals surface area contributed by atoms with Gasteiger partial charge in [0.25, 0.3) is 0 Å². The van der Waals surface area contributed by atoms with E-state index in [9.17, 15) is 14.7 Å². The molecule has 0 aromatic carbocycles. The molecule has 3 unspecified atom stereocenters. The minimum absolute atomic E-state index is 0.0299. The van der Waals surface area contributed by atoms with Gasteiger partial charge < -0.3 is 15.7 Å². The predicted molar refractivity (Wildman–Crippen MR) is 71.5 cm³/mol. The molecule has 0 radical (unpaired) electrons. The average molecular weight is 268 g/mol. The molecule has 1 amide bonds. The summed E-state index contributed by atoms with van der Waals surface area (Å²) in [6.07, 6.45) is 6.44. The molecule has 0 spiro atoms. The van der Waals surface area contributed by atoms with Crippen molar-refractivity contribution in [1.82, 2.24) is 4.90 Å². The van der Waals surface area contributed by atoms with Crippen molar-refractivity contribution in [3.63, 3.8) is 0 Å². The second kappa shape index (κ2) is 6.37. The van der Waals surface area contributed by atoms with Crippen LogP contribution in [0.3, 0.4) is 0 Å². The van der Waals surface area contributed by atoms with Gasteiger partial charge in [-0.1, -0.05) is 12.8 Å². The number of carboxylic acid groups (broad SMARTS) is 1. The van der Waals surface area contributed by atoms with Gasteiger partial charge in [0.2, 0.25) is 5.91 Å². The van der Waals surface area contributed by atoms with Crippen LogP contribution in [0.25, 0.3) is 0 Å². The van der Waals surface area contributed by atoms with E-state index < -0.39 is 12.0 Å². The van der Waals surface area contributed by atoms with Crippen molar-refractivity contribution in [2.24, 2.45) is 17.6 Å². The van der Waals surface area contributed by atoms with E-state index in [2.05, 4.69) is 0 Å². The molecule has 2 rings (SSSR count). The zero-order valence-corrected chi connectivity index (χ0v) is 11.4. The van der Waals surface area contributed by atoms with Crippen LogP contribution < -0.4 is 5.73 Å². The monoisotopic (exact) mass is 268 g/mol. The lowest BCUT2D eigenvalue weighted by atomic mass is 9.78. The topological polar surface area (TPSA) is 83.6 Å². The van der Waals surface area contributed by atoms with Gasteiger partial charge in [-0.25, -0.2) is 4.79 Å². The maximum atomic E-state index is 12.6. The van der Waals surface area contributed by atoms with Crippen LogP contribution in [-0.2, 0) is 9.59 Å². The van der Waals surface area contributed by atoms with E-state index in [-0.39, 0.29) is 17.7 Å². The van der Waals surface area contributed by atoms with Gasteiger partial charge >= 0.3 is 5.97 Å². The third kappa shape index (κ3) is 3.08. The van der Waals surface area contributed by atoms with Gasteiger partial charge in [0, 0.05) is 12.5 Å². The molecule has 19 heavy (non-hydrogen) atoms. The van der Waals surface area contributed by atoms with Crippen LogP contribution in [0.4, 0.5) is 0 Å². The van der Waals surface area contributed by atoms with Crippen LogP contribution in [-0.4, -0.2) is 41.0 Å². The highest BCUT2D eigenvalue weighted by Gasteiger charge is 2.38. The van der Waals surface area contributed by atoms with E-state index in [1.54, 1.807) is 4.90 Å². The lowest BCUT2D eigenvalue weighted by Crippen LogP contribution is -2.52. The number of carboxylic acids is 1. The largest absolute Gasteiger partial charge is 0.480 e. The zero-order valence-electron chi connectivity index (χ0n) is 11.4. The van der Waals surface area contributed by atoms with Crippen LogP contribution in [0.5, 0.6) is 0 Å². The first-order valence-electron chi connectivity index (χ1n) is 7.38. The van der Waals surface area contributed by atoms with E-state index in [0.717, 1.165) is 38.5 Å². The van der Waals surface area contributed by atoms with Crippen molar-refractivity contribution >= 4 is 11.9 Å². The number of nitrogens with zero attached hydrogens (tertiary/aromatic N) is 1. The molecule has 0 bridgehead atoms. The van der Waals surface area contributed by atoms with Crippen LogP contribution in [0.15, 0.2) is 0 Å². The smallest absolute Gasteiger partial charge is 0.326 e. The molecule has 0 aromatic rings. The maximum absolute atomic E-state index is 12.6. The molecular formula is C14H24N2O3. The normalized spacial score (nSPS) is 32.1. The van der Waals surface area contributed by atoms with E-state index >= 15 is 0 Å². The minimum atomic E-state index is -0.867. The molecule has 3 N–H and O–H groups in total. The van der Waals surface area contributed by atoms with Crippen LogP contribution in [0.1, 0.15) is 44.9 Å². The average Bonchev–Trinajstić information content (AvgIpc) is 2.46. The third-order valence-corrected chi connectivity index (χ3v) is 4.60.